The van der Waals surface area contributed by atoms with Gasteiger partial charge in [0.05, 0.1) is 4.91 Å². The van der Waals surface area contributed by atoms with E-state index in [1.807, 2.05) is 30.3 Å². The molecule has 0 aliphatic carbocycles. The fourth-order valence-electron chi connectivity index (χ4n) is 3.70. The molecule has 38 heavy (non-hydrogen) atoms. The number of rotatable bonds is 7. The van der Waals surface area contributed by atoms with Crippen LogP contribution in [0.15, 0.2) is 93.1 Å². The minimum atomic E-state index is -3.85. The van der Waals surface area contributed by atoms with Gasteiger partial charge in [0, 0.05) is 12.1 Å². The lowest BCUT2D eigenvalue weighted by Gasteiger charge is -2.16. The number of nitrogens with zero attached hydrogens (tertiary/aromatic N) is 2. The number of carbonyl (C=O) groups excluding carboxylic acids is 2. The molecule has 5 rings (SSSR count). The maximum absolute atomic E-state index is 13.1. The molecule has 0 atom stereocenters. The summed E-state index contributed by atoms with van der Waals surface area (Å²) in [5.74, 6) is -0.218. The van der Waals surface area contributed by atoms with Crippen LogP contribution in [-0.4, -0.2) is 42.0 Å². The van der Waals surface area contributed by atoms with E-state index in [-0.39, 0.29) is 27.6 Å². The van der Waals surface area contributed by atoms with E-state index in [1.165, 1.54) is 6.07 Å². The van der Waals surface area contributed by atoms with Crippen molar-refractivity contribution < 1.29 is 22.7 Å². The van der Waals surface area contributed by atoms with Gasteiger partial charge in [0.1, 0.15) is 10.6 Å². The molecule has 9 nitrogen and oxygen atoms in total. The van der Waals surface area contributed by atoms with Gasteiger partial charge < -0.3 is 10.1 Å². The number of ether oxygens (including phenoxy) is 1. The minimum absolute atomic E-state index is 0.0269. The number of hydrogen-bond acceptors (Lipinski definition) is 8. The lowest BCUT2D eigenvalue weighted by atomic mass is 10.2. The van der Waals surface area contributed by atoms with Gasteiger partial charge in [0.2, 0.25) is 0 Å². The zero-order valence-corrected chi connectivity index (χ0v) is 22.1. The van der Waals surface area contributed by atoms with Gasteiger partial charge in [-0.1, -0.05) is 66.4 Å². The topological polar surface area (TPSA) is 117 Å². The number of hydrazine groups is 1. The summed E-state index contributed by atoms with van der Waals surface area (Å²) in [6.45, 7) is 0.248. The molecular formula is C26H20N4O5S3. The Morgan fingerprint density at radius 2 is 1.82 bits per heavy atom. The Balaban J connectivity index is 1.23. The first-order valence-electron chi connectivity index (χ1n) is 11.3. The third-order valence-electron chi connectivity index (χ3n) is 5.50. The van der Waals surface area contributed by atoms with E-state index in [2.05, 4.69) is 15.1 Å². The van der Waals surface area contributed by atoms with Gasteiger partial charge in [-0.25, -0.2) is 0 Å². The van der Waals surface area contributed by atoms with E-state index in [0.717, 1.165) is 22.3 Å². The normalized spacial score (nSPS) is 16.8. The van der Waals surface area contributed by atoms with Crippen molar-refractivity contribution in [2.75, 3.05) is 6.61 Å². The summed E-state index contributed by atoms with van der Waals surface area (Å²) in [4.78, 5) is 25.6. The highest BCUT2D eigenvalue weighted by Gasteiger charge is 2.36. The number of thioether (sulfide) groups is 1. The van der Waals surface area contributed by atoms with E-state index >= 15 is 0 Å². The Morgan fingerprint density at radius 3 is 2.63 bits per heavy atom. The second-order valence-electron chi connectivity index (χ2n) is 8.16. The summed E-state index contributed by atoms with van der Waals surface area (Å²) < 4.78 is 34.2. The molecule has 12 heteroatoms. The van der Waals surface area contributed by atoms with Crippen LogP contribution in [0, 0.1) is 0 Å². The van der Waals surface area contributed by atoms with E-state index < -0.39 is 15.9 Å². The zero-order chi connectivity index (χ0) is 26.7. The lowest BCUT2D eigenvalue weighted by molar-refractivity contribution is -0.124. The van der Waals surface area contributed by atoms with E-state index in [9.17, 15) is 18.0 Å². The number of thiocarbonyl (C=S) groups is 1. The highest BCUT2D eigenvalue weighted by atomic mass is 32.2. The first-order valence-corrected chi connectivity index (χ1v) is 14.0. The summed E-state index contributed by atoms with van der Waals surface area (Å²) >= 11 is 6.42. The van der Waals surface area contributed by atoms with Crippen LogP contribution < -0.4 is 15.5 Å². The van der Waals surface area contributed by atoms with Gasteiger partial charge in [0.15, 0.2) is 16.8 Å². The van der Waals surface area contributed by atoms with Crippen LogP contribution in [0.3, 0.4) is 0 Å². The number of amidine groups is 1. The van der Waals surface area contributed by atoms with E-state index in [0.29, 0.717) is 28.3 Å². The van der Waals surface area contributed by atoms with Crippen molar-refractivity contribution in [1.29, 1.82) is 0 Å². The molecule has 192 valence electrons. The van der Waals surface area contributed by atoms with E-state index in [4.69, 9.17) is 17.0 Å². The Hall–Kier alpha value is -4.00. The van der Waals surface area contributed by atoms with Crippen molar-refractivity contribution in [1.82, 2.24) is 15.8 Å². The van der Waals surface area contributed by atoms with Gasteiger partial charge >= 0.3 is 0 Å². The highest BCUT2D eigenvalue weighted by molar-refractivity contribution is 8.26. The van der Waals surface area contributed by atoms with Crippen molar-refractivity contribution in [2.24, 2.45) is 4.40 Å². The van der Waals surface area contributed by atoms with Crippen LogP contribution in [0.2, 0.25) is 0 Å². The molecule has 0 saturated carbocycles. The number of hydrogen-bond donors (Lipinski definition) is 2. The maximum Gasteiger partial charge on any atom is 0.285 e. The zero-order valence-electron chi connectivity index (χ0n) is 19.7. The Morgan fingerprint density at radius 1 is 1.05 bits per heavy atom. The molecule has 3 aromatic rings. The SMILES string of the molecule is O=C(COc1cccc(C=C2SC(=S)N(NC3=NS(=O)(=O)c4ccccc43)C2=O)c1)NCc1ccccc1. The van der Waals surface area contributed by atoms with Gasteiger partial charge in [-0.15, -0.1) is 4.40 Å². The molecule has 0 aromatic heterocycles. The largest absolute Gasteiger partial charge is 0.484 e. The first kappa shape index (κ1) is 25.6. The second kappa shape index (κ2) is 10.8. The molecule has 2 aliphatic heterocycles. The smallest absolute Gasteiger partial charge is 0.285 e. The number of amides is 2. The number of benzene rings is 3. The van der Waals surface area contributed by atoms with Crippen LogP contribution >= 0.6 is 24.0 Å². The average molecular weight is 565 g/mol. The summed E-state index contributed by atoms with van der Waals surface area (Å²) in [6.07, 6.45) is 1.64. The van der Waals surface area contributed by atoms with Gasteiger partial charge in [0.25, 0.3) is 21.8 Å². The summed E-state index contributed by atoms with van der Waals surface area (Å²) in [6, 6.07) is 22.8. The molecule has 0 spiro atoms. The third-order valence-corrected chi connectivity index (χ3v) is 8.14. The highest BCUT2D eigenvalue weighted by Crippen LogP contribution is 2.33. The van der Waals surface area contributed by atoms with Crippen LogP contribution in [0.4, 0.5) is 0 Å². The van der Waals surface area contributed by atoms with Gasteiger partial charge in [-0.05, 0) is 53.7 Å². The maximum atomic E-state index is 13.1. The second-order valence-corrected chi connectivity index (χ2v) is 11.4. The third kappa shape index (κ3) is 5.62. The minimum Gasteiger partial charge on any atom is -0.484 e. The first-order chi connectivity index (χ1) is 18.3. The Labute approximate surface area is 228 Å². The fourth-order valence-corrected chi connectivity index (χ4v) is 6.05. The lowest BCUT2D eigenvalue weighted by Crippen LogP contribution is -2.44. The Bertz CT molecular complexity index is 1600. The molecule has 1 fully saturated rings. The molecule has 2 heterocycles. The monoisotopic (exact) mass is 564 g/mol. The number of fused-ring (bicyclic) bond motifs is 1. The summed E-state index contributed by atoms with van der Waals surface area (Å²) in [7, 11) is -3.85. The number of carbonyl (C=O) groups is 2. The molecule has 1 saturated heterocycles. The van der Waals surface area contributed by atoms with Crippen molar-refractivity contribution in [2.45, 2.75) is 11.4 Å². The van der Waals surface area contributed by atoms with Crippen LogP contribution in [0.25, 0.3) is 6.08 Å². The molecule has 0 unspecified atom stereocenters. The molecule has 2 N–H and O–H groups in total. The Kier molecular flexibility index (Phi) is 7.27. The predicted octanol–water partition coefficient (Wildman–Crippen LogP) is 3.24. The molecule has 0 bridgehead atoms. The number of nitrogens with one attached hydrogen (secondary N) is 2. The van der Waals surface area contributed by atoms with Crippen LogP contribution in [0.5, 0.6) is 5.75 Å². The summed E-state index contributed by atoms with van der Waals surface area (Å²) in [5.41, 5.74) is 4.77. The van der Waals surface area contributed by atoms with E-state index in [1.54, 1.807) is 48.5 Å². The van der Waals surface area contributed by atoms with Crippen molar-refractivity contribution in [3.05, 3.63) is 100 Å². The quantitative estimate of drug-likeness (QED) is 0.332. The summed E-state index contributed by atoms with van der Waals surface area (Å²) in [5, 5.41) is 3.90. The molecular weight excluding hydrogens is 545 g/mol. The fraction of sp³-hybridized carbons (Fsp3) is 0.0769. The molecule has 2 aliphatic rings. The molecule has 3 aromatic carbocycles. The number of sulfonamides is 1. The average Bonchev–Trinajstić information content (AvgIpc) is 3.33. The van der Waals surface area contributed by atoms with Crippen molar-refractivity contribution >= 4 is 62.0 Å². The van der Waals surface area contributed by atoms with Crippen LogP contribution in [-0.2, 0) is 26.2 Å². The predicted molar refractivity (Wildman–Crippen MR) is 149 cm³/mol. The molecule has 0 radical (unpaired) electrons. The van der Waals surface area contributed by atoms with Gasteiger partial charge in [-0.3, -0.25) is 15.0 Å². The molecule has 2 amide bonds. The van der Waals surface area contributed by atoms with Crippen molar-refractivity contribution in [3.63, 3.8) is 0 Å². The van der Waals surface area contributed by atoms with Crippen molar-refractivity contribution in [3.8, 4) is 5.75 Å². The van der Waals surface area contributed by atoms with Gasteiger partial charge in [-0.2, -0.15) is 13.4 Å². The van der Waals surface area contributed by atoms with Crippen LogP contribution in [0.1, 0.15) is 16.7 Å². The standard InChI is InChI=1S/C26H20N4O5S3/c31-23(27-15-17-7-2-1-3-8-17)16-35-19-10-6-9-18(13-19)14-21-25(32)30(26(36)37-21)28-24-20-11-4-5-12-22(20)38(33,34)29-24/h1-14H,15-16H2,(H,27,31)(H,28,29).